The zero-order valence-electron chi connectivity index (χ0n) is 26.3. The van der Waals surface area contributed by atoms with Crippen molar-refractivity contribution in [3.8, 4) is 0 Å². The van der Waals surface area contributed by atoms with Crippen molar-refractivity contribution < 1.29 is 39.0 Å². The smallest absolute Gasteiger partial charge is 0.326 e. The van der Waals surface area contributed by atoms with Gasteiger partial charge in [0, 0.05) is 13.0 Å². The second-order valence-corrected chi connectivity index (χ2v) is 11.0. The van der Waals surface area contributed by atoms with Crippen molar-refractivity contribution in [3.05, 3.63) is 35.9 Å². The molecule has 0 aliphatic heterocycles. The number of nitrogens with zero attached hydrogens (tertiary/aromatic N) is 1. The second-order valence-electron chi connectivity index (χ2n) is 11.0. The first-order valence-electron chi connectivity index (χ1n) is 14.8. The van der Waals surface area contributed by atoms with Crippen LogP contribution in [-0.2, 0) is 35.2 Å². The number of hydrogen-bond acceptors (Lipinski definition) is 9. The topological polar surface area (TPSA) is 293 Å². The Balaban J connectivity index is 2.92. The van der Waals surface area contributed by atoms with Crippen LogP contribution < -0.4 is 43.8 Å². The van der Waals surface area contributed by atoms with Crippen LogP contribution in [0.4, 0.5) is 0 Å². The number of guanidine groups is 1. The van der Waals surface area contributed by atoms with Gasteiger partial charge in [0.05, 0.1) is 13.2 Å². The van der Waals surface area contributed by atoms with Crippen molar-refractivity contribution in [3.63, 3.8) is 0 Å². The van der Waals surface area contributed by atoms with E-state index >= 15 is 0 Å². The molecule has 13 N–H and O–H groups in total. The number of aliphatic hydroxyl groups excluding tert-OH is 1. The van der Waals surface area contributed by atoms with Crippen LogP contribution in [0.15, 0.2) is 35.3 Å². The second kappa shape index (κ2) is 20.3. The summed E-state index contributed by atoms with van der Waals surface area (Å²) in [5, 5.41) is 31.6. The van der Waals surface area contributed by atoms with Crippen LogP contribution in [0.1, 0.15) is 45.6 Å². The van der Waals surface area contributed by atoms with Crippen molar-refractivity contribution in [1.29, 1.82) is 0 Å². The van der Waals surface area contributed by atoms with Crippen molar-refractivity contribution in [2.24, 2.45) is 28.1 Å². The number of carbonyl (C=O) groups is 6. The first kappa shape index (κ1) is 39.3. The van der Waals surface area contributed by atoms with Gasteiger partial charge in [0.2, 0.25) is 29.5 Å². The maximum atomic E-state index is 13.2. The minimum Gasteiger partial charge on any atom is -0.480 e. The van der Waals surface area contributed by atoms with Crippen LogP contribution >= 0.6 is 0 Å². The summed E-state index contributed by atoms with van der Waals surface area (Å²) in [6, 6.07) is 2.36. The van der Waals surface area contributed by atoms with E-state index in [2.05, 4.69) is 31.6 Å². The number of aliphatic hydroxyl groups is 1. The van der Waals surface area contributed by atoms with Crippen molar-refractivity contribution in [2.75, 3.05) is 19.7 Å². The Morgan fingerprint density at radius 1 is 0.783 bits per heavy atom. The molecule has 0 saturated heterocycles. The standard InChI is InChI=1S/C29H47N9O8/c1-16(2)12-20(26(43)38-22(15-39)27(44)37-21(28(45)46)13-18-8-5-4-6-9-18)36-24(41)17(3)34-25(42)19(35-23(40)14-30)10-7-11-33-29(31)32/h4-6,8-9,16-17,19-22,39H,7,10-15,30H2,1-3H3,(H,34,42)(H,35,40)(H,36,41)(H,37,44)(H,38,43)(H,45,46)(H4,31,32,33)/t17-,19-,20-,21-,22-/m0/s1. The molecule has 0 aliphatic rings. The predicted octanol–water partition coefficient (Wildman–Crippen LogP) is -3.19. The Morgan fingerprint density at radius 2 is 1.35 bits per heavy atom. The van der Waals surface area contributed by atoms with Crippen molar-refractivity contribution >= 4 is 41.5 Å². The lowest BCUT2D eigenvalue weighted by Gasteiger charge is -2.26. The number of carbonyl (C=O) groups excluding carboxylic acids is 5. The maximum absolute atomic E-state index is 13.2. The van der Waals surface area contributed by atoms with Gasteiger partial charge in [-0.1, -0.05) is 44.2 Å². The summed E-state index contributed by atoms with van der Waals surface area (Å²) in [4.78, 5) is 79.5. The Kier molecular flexibility index (Phi) is 17.3. The zero-order chi connectivity index (χ0) is 34.8. The van der Waals surface area contributed by atoms with Crippen LogP contribution in [0.3, 0.4) is 0 Å². The minimum absolute atomic E-state index is 0.0311. The molecular formula is C29H47N9O8. The summed E-state index contributed by atoms with van der Waals surface area (Å²) in [5.41, 5.74) is 16.6. The Morgan fingerprint density at radius 3 is 1.89 bits per heavy atom. The predicted molar refractivity (Wildman–Crippen MR) is 169 cm³/mol. The number of hydrogen-bond donors (Lipinski definition) is 10. The number of carboxylic acid groups (broad SMARTS) is 1. The summed E-state index contributed by atoms with van der Waals surface area (Å²) in [7, 11) is 0. The van der Waals surface area contributed by atoms with E-state index in [1.54, 1.807) is 44.2 Å². The summed E-state index contributed by atoms with van der Waals surface area (Å²) in [6.07, 6.45) is 0.567. The van der Waals surface area contributed by atoms with Gasteiger partial charge in [-0.15, -0.1) is 0 Å². The SMILES string of the molecule is CC(C)C[C@H](NC(=O)[C@H](C)NC(=O)[C@H](CCCN=C(N)N)NC(=O)CN)C(=O)N[C@@H](CO)C(=O)N[C@@H](Cc1ccccc1)C(=O)O. The van der Waals surface area contributed by atoms with E-state index in [1.807, 2.05) is 0 Å². The third-order valence-corrected chi connectivity index (χ3v) is 6.59. The van der Waals surface area contributed by atoms with Gasteiger partial charge in [0.25, 0.3) is 0 Å². The molecule has 0 heterocycles. The summed E-state index contributed by atoms with van der Waals surface area (Å²) in [5.74, 6) is -5.29. The minimum atomic E-state index is -1.51. The third-order valence-electron chi connectivity index (χ3n) is 6.59. The molecular weight excluding hydrogens is 602 g/mol. The highest BCUT2D eigenvalue weighted by Crippen LogP contribution is 2.08. The van der Waals surface area contributed by atoms with E-state index in [0.717, 1.165) is 0 Å². The molecule has 0 spiro atoms. The summed E-state index contributed by atoms with van der Waals surface area (Å²) in [6.45, 7) is 3.95. The highest BCUT2D eigenvalue weighted by atomic mass is 16.4. The Hall–Kier alpha value is -4.77. The molecule has 17 nitrogen and oxygen atoms in total. The number of benzene rings is 1. The van der Waals surface area contributed by atoms with Crippen LogP contribution in [0, 0.1) is 5.92 Å². The first-order valence-corrected chi connectivity index (χ1v) is 14.8. The number of aliphatic imine (C=N–C) groups is 1. The largest absolute Gasteiger partial charge is 0.480 e. The van der Waals surface area contributed by atoms with Crippen LogP contribution in [0.2, 0.25) is 0 Å². The van der Waals surface area contributed by atoms with Crippen molar-refractivity contribution in [1.82, 2.24) is 26.6 Å². The molecule has 0 unspecified atom stereocenters. The number of rotatable bonds is 20. The quantitative estimate of drug-likeness (QED) is 0.0381. The highest BCUT2D eigenvalue weighted by Gasteiger charge is 2.31. The Bertz CT molecular complexity index is 1210. The zero-order valence-corrected chi connectivity index (χ0v) is 26.3. The fourth-order valence-corrected chi connectivity index (χ4v) is 4.19. The van der Waals surface area contributed by atoms with E-state index in [9.17, 15) is 39.0 Å². The molecule has 0 aliphatic carbocycles. The van der Waals surface area contributed by atoms with Gasteiger partial charge < -0.3 is 54.0 Å². The molecule has 256 valence electrons. The van der Waals surface area contributed by atoms with Crippen LogP contribution in [0.5, 0.6) is 0 Å². The van der Waals surface area contributed by atoms with E-state index in [1.165, 1.54) is 6.92 Å². The van der Waals surface area contributed by atoms with Gasteiger partial charge in [-0.3, -0.25) is 29.0 Å². The van der Waals surface area contributed by atoms with E-state index in [4.69, 9.17) is 17.2 Å². The summed E-state index contributed by atoms with van der Waals surface area (Å²) >= 11 is 0. The number of aliphatic carboxylic acids is 1. The average molecular weight is 650 g/mol. The van der Waals surface area contributed by atoms with Gasteiger partial charge in [-0.2, -0.15) is 0 Å². The number of nitrogens with one attached hydrogen (secondary N) is 5. The maximum Gasteiger partial charge on any atom is 0.326 e. The van der Waals surface area contributed by atoms with Crippen molar-refractivity contribution in [2.45, 2.75) is 76.7 Å². The molecule has 46 heavy (non-hydrogen) atoms. The lowest BCUT2D eigenvalue weighted by Crippen LogP contribution is -2.59. The monoisotopic (exact) mass is 649 g/mol. The molecule has 0 saturated carbocycles. The normalized spacial score (nSPS) is 14.0. The molecule has 1 rings (SSSR count). The average Bonchev–Trinajstić information content (AvgIpc) is 3.00. The third kappa shape index (κ3) is 14.8. The highest BCUT2D eigenvalue weighted by molar-refractivity contribution is 5.96. The molecule has 0 radical (unpaired) electrons. The lowest BCUT2D eigenvalue weighted by atomic mass is 10.0. The molecule has 17 heteroatoms. The van der Waals surface area contributed by atoms with Gasteiger partial charge in [0.15, 0.2) is 5.96 Å². The first-order chi connectivity index (χ1) is 21.7. The van der Waals surface area contributed by atoms with E-state index < -0.39 is 72.3 Å². The van der Waals surface area contributed by atoms with E-state index in [-0.39, 0.29) is 44.2 Å². The number of amides is 5. The van der Waals surface area contributed by atoms with E-state index in [0.29, 0.717) is 12.0 Å². The molecule has 0 bridgehead atoms. The molecule has 5 amide bonds. The van der Waals surface area contributed by atoms with Gasteiger partial charge in [-0.05, 0) is 37.7 Å². The molecule has 0 fully saturated rings. The van der Waals surface area contributed by atoms with Crippen LogP contribution in [-0.4, -0.2) is 102 Å². The molecule has 5 atom stereocenters. The number of carboxylic acids is 1. The Labute approximate surface area is 267 Å². The number of nitrogens with two attached hydrogens (primary N) is 3. The van der Waals surface area contributed by atoms with Crippen LogP contribution in [0.25, 0.3) is 0 Å². The summed E-state index contributed by atoms with van der Waals surface area (Å²) < 4.78 is 0. The lowest BCUT2D eigenvalue weighted by molar-refractivity contribution is -0.142. The van der Waals surface area contributed by atoms with Gasteiger partial charge in [-0.25, -0.2) is 4.79 Å². The molecule has 1 aromatic rings. The van der Waals surface area contributed by atoms with Gasteiger partial charge >= 0.3 is 5.97 Å². The molecule has 1 aromatic carbocycles. The molecule has 0 aromatic heterocycles. The fraction of sp³-hybridized carbons (Fsp3) is 0.552. The fourth-order valence-electron chi connectivity index (χ4n) is 4.19. The van der Waals surface area contributed by atoms with Gasteiger partial charge in [0.1, 0.15) is 30.2 Å².